The minimum atomic E-state index is -4.83. The SMILES string of the molecule is O[C@H](CCCC(F)(F)F)C(F)(F)F. The van der Waals surface area contributed by atoms with E-state index in [2.05, 4.69) is 0 Å². The van der Waals surface area contributed by atoms with E-state index in [1.54, 1.807) is 0 Å². The number of hydrogen-bond acceptors (Lipinski definition) is 1. The van der Waals surface area contributed by atoms with Gasteiger partial charge in [0.05, 0.1) is 0 Å². The summed E-state index contributed by atoms with van der Waals surface area (Å²) >= 11 is 0. The molecule has 80 valence electrons. The Bertz CT molecular complexity index is 148. The van der Waals surface area contributed by atoms with Crippen LogP contribution in [0.2, 0.25) is 0 Å². The molecule has 13 heavy (non-hydrogen) atoms. The molecule has 0 spiro atoms. The minimum absolute atomic E-state index is 0.718. The van der Waals surface area contributed by atoms with Crippen molar-refractivity contribution in [1.29, 1.82) is 0 Å². The molecule has 0 heterocycles. The van der Waals surface area contributed by atoms with Crippen molar-refractivity contribution in [2.75, 3.05) is 0 Å². The van der Waals surface area contributed by atoms with E-state index in [9.17, 15) is 26.3 Å². The molecule has 0 saturated heterocycles. The Kier molecular flexibility index (Phi) is 4.02. The first-order valence-electron chi connectivity index (χ1n) is 3.44. The smallest absolute Gasteiger partial charge is 0.384 e. The normalized spacial score (nSPS) is 15.9. The fraction of sp³-hybridized carbons (Fsp3) is 1.00. The largest absolute Gasteiger partial charge is 0.414 e. The van der Waals surface area contributed by atoms with E-state index in [4.69, 9.17) is 5.11 Å². The highest BCUT2D eigenvalue weighted by atomic mass is 19.4. The Balaban J connectivity index is 3.67. The molecule has 7 heteroatoms. The molecular weight excluding hydrogens is 202 g/mol. The summed E-state index contributed by atoms with van der Waals surface area (Å²) in [5, 5.41) is 8.29. The average molecular weight is 210 g/mol. The lowest BCUT2D eigenvalue weighted by Gasteiger charge is -2.14. The molecule has 0 aliphatic rings. The molecular formula is C6H8F6O. The third kappa shape index (κ3) is 6.68. The fourth-order valence-corrected chi connectivity index (χ4v) is 0.660. The Morgan fingerprint density at radius 1 is 1.00 bits per heavy atom. The lowest BCUT2D eigenvalue weighted by Crippen LogP contribution is -2.28. The monoisotopic (exact) mass is 210 g/mol. The maximum Gasteiger partial charge on any atom is 0.414 e. The van der Waals surface area contributed by atoms with Crippen LogP contribution in [0.4, 0.5) is 26.3 Å². The number of aliphatic hydroxyl groups excluding tert-OH is 1. The van der Waals surface area contributed by atoms with E-state index < -0.39 is 37.7 Å². The van der Waals surface area contributed by atoms with Crippen molar-refractivity contribution in [1.82, 2.24) is 0 Å². The van der Waals surface area contributed by atoms with Gasteiger partial charge in [-0.1, -0.05) is 0 Å². The average Bonchev–Trinajstić information content (AvgIpc) is 1.82. The summed E-state index contributed by atoms with van der Waals surface area (Å²) in [5.41, 5.74) is 0. The van der Waals surface area contributed by atoms with Crippen LogP contribution >= 0.6 is 0 Å². The van der Waals surface area contributed by atoms with Gasteiger partial charge in [0.1, 0.15) is 6.10 Å². The minimum Gasteiger partial charge on any atom is -0.384 e. The van der Waals surface area contributed by atoms with Crippen LogP contribution < -0.4 is 0 Å². The van der Waals surface area contributed by atoms with Crippen LogP contribution in [0.25, 0.3) is 0 Å². The van der Waals surface area contributed by atoms with Gasteiger partial charge in [-0.2, -0.15) is 26.3 Å². The molecule has 0 aromatic rings. The van der Waals surface area contributed by atoms with Gasteiger partial charge in [0, 0.05) is 6.42 Å². The van der Waals surface area contributed by atoms with Crippen LogP contribution in [0.5, 0.6) is 0 Å². The zero-order chi connectivity index (χ0) is 10.7. The van der Waals surface area contributed by atoms with Crippen LogP contribution in [0, 0.1) is 0 Å². The van der Waals surface area contributed by atoms with Crippen LogP contribution in [0.1, 0.15) is 19.3 Å². The van der Waals surface area contributed by atoms with Crippen molar-refractivity contribution in [3.63, 3.8) is 0 Å². The Labute approximate surface area is 70.4 Å². The summed E-state index contributed by atoms with van der Waals surface area (Å²) in [5.74, 6) is 0. The predicted octanol–water partition coefficient (Wildman–Crippen LogP) is 2.64. The lowest BCUT2D eigenvalue weighted by molar-refractivity contribution is -0.208. The van der Waals surface area contributed by atoms with Gasteiger partial charge in [-0.25, -0.2) is 0 Å². The molecule has 1 N–H and O–H groups in total. The summed E-state index contributed by atoms with van der Waals surface area (Å²) < 4.78 is 68.9. The number of alkyl halides is 6. The van der Waals surface area contributed by atoms with Crippen LogP contribution in [0.3, 0.4) is 0 Å². The van der Waals surface area contributed by atoms with Crippen molar-refractivity contribution >= 4 is 0 Å². The summed E-state index contributed by atoms with van der Waals surface area (Å²) in [6.45, 7) is 0. The summed E-state index contributed by atoms with van der Waals surface area (Å²) in [7, 11) is 0. The molecule has 0 radical (unpaired) electrons. The van der Waals surface area contributed by atoms with Gasteiger partial charge < -0.3 is 5.11 Å². The van der Waals surface area contributed by atoms with E-state index in [0.717, 1.165) is 0 Å². The number of hydrogen-bond donors (Lipinski definition) is 1. The van der Waals surface area contributed by atoms with Crippen molar-refractivity contribution in [2.24, 2.45) is 0 Å². The van der Waals surface area contributed by atoms with E-state index in [1.165, 1.54) is 0 Å². The first kappa shape index (κ1) is 12.5. The van der Waals surface area contributed by atoms with Gasteiger partial charge in [0.25, 0.3) is 0 Å². The molecule has 1 nitrogen and oxygen atoms in total. The molecule has 0 bridgehead atoms. The van der Waals surface area contributed by atoms with E-state index >= 15 is 0 Å². The molecule has 0 amide bonds. The van der Waals surface area contributed by atoms with Crippen LogP contribution in [0.15, 0.2) is 0 Å². The quantitative estimate of drug-likeness (QED) is 0.710. The second-order valence-corrected chi connectivity index (χ2v) is 2.56. The van der Waals surface area contributed by atoms with E-state index in [-0.39, 0.29) is 0 Å². The third-order valence-corrected chi connectivity index (χ3v) is 1.32. The maximum atomic E-state index is 11.5. The van der Waals surface area contributed by atoms with Crippen molar-refractivity contribution in [2.45, 2.75) is 37.7 Å². The van der Waals surface area contributed by atoms with Gasteiger partial charge in [-0.3, -0.25) is 0 Å². The summed E-state index contributed by atoms with van der Waals surface area (Å²) in [6, 6.07) is 0. The fourth-order valence-electron chi connectivity index (χ4n) is 0.660. The maximum absolute atomic E-state index is 11.5. The van der Waals surface area contributed by atoms with Gasteiger partial charge in [0.2, 0.25) is 0 Å². The molecule has 0 aliphatic heterocycles. The first-order chi connectivity index (χ1) is 5.63. The molecule has 0 aromatic heterocycles. The Morgan fingerprint density at radius 2 is 1.46 bits per heavy atom. The molecule has 0 unspecified atom stereocenters. The van der Waals surface area contributed by atoms with Crippen LogP contribution in [-0.2, 0) is 0 Å². The Morgan fingerprint density at radius 3 is 1.77 bits per heavy atom. The highest BCUT2D eigenvalue weighted by molar-refractivity contribution is 4.65. The molecule has 0 aromatic carbocycles. The Hall–Kier alpha value is -0.460. The van der Waals surface area contributed by atoms with Gasteiger partial charge >= 0.3 is 12.4 Å². The highest BCUT2D eigenvalue weighted by Crippen LogP contribution is 2.27. The zero-order valence-corrected chi connectivity index (χ0v) is 6.41. The molecule has 0 aliphatic carbocycles. The second kappa shape index (κ2) is 4.17. The van der Waals surface area contributed by atoms with E-state index in [0.29, 0.717) is 0 Å². The second-order valence-electron chi connectivity index (χ2n) is 2.56. The van der Waals surface area contributed by atoms with Crippen molar-refractivity contribution in [3.8, 4) is 0 Å². The molecule has 0 saturated carbocycles. The number of halogens is 6. The summed E-state index contributed by atoms with van der Waals surface area (Å²) in [6.07, 6.45) is -14.9. The topological polar surface area (TPSA) is 20.2 Å². The third-order valence-electron chi connectivity index (χ3n) is 1.32. The van der Waals surface area contributed by atoms with Gasteiger partial charge in [-0.15, -0.1) is 0 Å². The predicted molar refractivity (Wildman–Crippen MR) is 32.0 cm³/mol. The van der Waals surface area contributed by atoms with Crippen LogP contribution in [-0.4, -0.2) is 23.6 Å². The van der Waals surface area contributed by atoms with Crippen molar-refractivity contribution in [3.05, 3.63) is 0 Å². The number of rotatable bonds is 3. The van der Waals surface area contributed by atoms with Gasteiger partial charge in [-0.05, 0) is 12.8 Å². The molecule has 0 rings (SSSR count). The summed E-state index contributed by atoms with van der Waals surface area (Å²) in [4.78, 5) is 0. The lowest BCUT2D eigenvalue weighted by atomic mass is 10.1. The molecule has 0 fully saturated rings. The van der Waals surface area contributed by atoms with E-state index in [1.807, 2.05) is 0 Å². The first-order valence-corrected chi connectivity index (χ1v) is 3.44. The zero-order valence-electron chi connectivity index (χ0n) is 6.41. The number of aliphatic hydroxyl groups is 1. The molecule has 1 atom stereocenters. The highest BCUT2D eigenvalue weighted by Gasteiger charge is 2.38. The van der Waals surface area contributed by atoms with Gasteiger partial charge in [0.15, 0.2) is 0 Å². The van der Waals surface area contributed by atoms with Crippen molar-refractivity contribution < 1.29 is 31.4 Å². The standard InChI is InChI=1S/C6H8F6O/c7-5(8,9)3-1-2-4(13)6(10,11)12/h4,13H,1-3H2/t4-/m1/s1.